The van der Waals surface area contributed by atoms with Crippen LogP contribution < -0.4 is 28.7 Å². The molecule has 3 heterocycles. The fraction of sp³-hybridized carbons (Fsp3) is 0.143. The first kappa shape index (κ1) is 33.1. The zero-order chi connectivity index (χ0) is 35.3. The highest BCUT2D eigenvalue weighted by Crippen LogP contribution is 2.51. The molecule has 51 heavy (non-hydrogen) atoms. The van der Waals surface area contributed by atoms with Crippen LogP contribution in [0.2, 0.25) is 0 Å². The molecule has 0 aliphatic carbocycles. The molecule has 1 aromatic heterocycles. The molecule has 0 spiro atoms. The lowest BCUT2D eigenvalue weighted by atomic mass is 9.93. The topological polar surface area (TPSA) is 91.0 Å². The van der Waals surface area contributed by atoms with Crippen molar-refractivity contribution in [3.63, 3.8) is 0 Å². The molecule has 0 saturated heterocycles. The van der Waals surface area contributed by atoms with Gasteiger partial charge < -0.3 is 28.7 Å². The van der Waals surface area contributed by atoms with Crippen molar-refractivity contribution >= 4 is 45.7 Å². The van der Waals surface area contributed by atoms with Crippen molar-refractivity contribution in [2.24, 2.45) is 0 Å². The maximum absolute atomic E-state index is 9.73. The van der Waals surface area contributed by atoms with E-state index in [9.17, 15) is 10.5 Å². The third-order valence-electron chi connectivity index (χ3n) is 8.78. The lowest BCUT2D eigenvalue weighted by molar-refractivity contribution is 0.174. The number of ether oxygens (including phenoxy) is 4. The van der Waals surface area contributed by atoms with Gasteiger partial charge in [0, 0.05) is 46.1 Å². The van der Waals surface area contributed by atoms with Gasteiger partial charge in [0.1, 0.15) is 42.4 Å². The van der Waals surface area contributed by atoms with E-state index in [-0.39, 0.29) is 5.57 Å². The minimum atomic E-state index is 0.0811. The Labute approximate surface area is 301 Å². The second-order valence-corrected chi connectivity index (χ2v) is 12.7. The van der Waals surface area contributed by atoms with Crippen molar-refractivity contribution in [1.82, 2.24) is 0 Å². The number of methoxy groups -OCH3 is 2. The molecule has 9 heteroatoms. The minimum absolute atomic E-state index is 0.0811. The van der Waals surface area contributed by atoms with Gasteiger partial charge in [0.15, 0.2) is 11.5 Å². The molecule has 0 amide bonds. The third kappa shape index (κ3) is 6.39. The smallest absolute Gasteiger partial charge is 0.180 e. The molecule has 8 nitrogen and oxygen atoms in total. The first-order valence-electron chi connectivity index (χ1n) is 16.5. The molecule has 0 N–H and O–H groups in total. The number of likely N-dealkylation sites (N-methyl/N-ethyl adjacent to an activating group) is 1. The predicted molar refractivity (Wildman–Crippen MR) is 203 cm³/mol. The van der Waals surface area contributed by atoms with Crippen molar-refractivity contribution < 1.29 is 18.9 Å². The molecule has 2 aliphatic heterocycles. The Bertz CT molecular complexity index is 2180. The number of anilines is 4. The maximum Gasteiger partial charge on any atom is 0.180 e. The molecule has 0 unspecified atom stereocenters. The van der Waals surface area contributed by atoms with E-state index in [2.05, 4.69) is 53.1 Å². The highest BCUT2D eigenvalue weighted by molar-refractivity contribution is 7.17. The van der Waals surface area contributed by atoms with Crippen molar-refractivity contribution in [3.05, 3.63) is 131 Å². The van der Waals surface area contributed by atoms with Crippen molar-refractivity contribution in [2.75, 3.05) is 43.8 Å². The SMILES string of the molecule is CCN1C(C=Cc2sc(-c3ccc(N(c4ccc(OC)cc4)c4ccc(OC)cc4)cc3)c3c2OCCO3)=CC(=C(C#N)C#N)c2ccccc21. The first-order valence-corrected chi connectivity index (χ1v) is 17.3. The van der Waals surface area contributed by atoms with Crippen molar-refractivity contribution in [3.8, 4) is 45.6 Å². The Balaban J connectivity index is 1.25. The summed E-state index contributed by atoms with van der Waals surface area (Å²) >= 11 is 1.60. The summed E-state index contributed by atoms with van der Waals surface area (Å²) < 4.78 is 23.2. The number of rotatable bonds is 9. The number of fused-ring (bicyclic) bond motifs is 2. The number of benzene rings is 4. The van der Waals surface area contributed by atoms with E-state index in [0.717, 1.165) is 66.6 Å². The quantitative estimate of drug-likeness (QED) is 0.141. The highest BCUT2D eigenvalue weighted by Gasteiger charge is 2.26. The average molecular weight is 691 g/mol. The summed E-state index contributed by atoms with van der Waals surface area (Å²) in [5.41, 5.74) is 7.35. The second-order valence-electron chi connectivity index (χ2n) is 11.6. The van der Waals surface area contributed by atoms with Gasteiger partial charge in [-0.15, -0.1) is 11.3 Å². The number of hydrogen-bond acceptors (Lipinski definition) is 9. The second kappa shape index (κ2) is 14.6. The van der Waals surface area contributed by atoms with Crippen LogP contribution in [-0.2, 0) is 0 Å². The average Bonchev–Trinajstić information content (AvgIpc) is 3.57. The standard InChI is InChI=1S/C42H34N4O4S/c1-4-45-33(25-37(29(26-43)27-44)36-7-5-6-8-38(36)45)17-22-39-40-41(50-24-23-49-40)42(51-39)28-9-11-30(12-10-28)46(31-13-18-34(47-2)19-14-31)32-15-20-35(48-3)21-16-32/h5-22,25H,4,23-24H2,1-3H3. The Morgan fingerprint density at radius 2 is 1.35 bits per heavy atom. The van der Waals surface area contributed by atoms with Crippen LogP contribution in [0.25, 0.3) is 22.1 Å². The van der Waals surface area contributed by atoms with Gasteiger partial charge in [-0.2, -0.15) is 10.5 Å². The summed E-state index contributed by atoms with van der Waals surface area (Å²) in [6.45, 7) is 3.71. The van der Waals surface area contributed by atoms with Gasteiger partial charge in [-0.3, -0.25) is 0 Å². The Morgan fingerprint density at radius 1 is 0.784 bits per heavy atom. The van der Waals surface area contributed by atoms with E-state index in [4.69, 9.17) is 18.9 Å². The van der Waals surface area contributed by atoms with E-state index in [1.54, 1.807) is 25.6 Å². The first-order chi connectivity index (χ1) is 25.1. The van der Waals surface area contributed by atoms with Gasteiger partial charge >= 0.3 is 0 Å². The maximum atomic E-state index is 9.73. The van der Waals surface area contributed by atoms with Gasteiger partial charge in [0.05, 0.1) is 24.0 Å². The van der Waals surface area contributed by atoms with Gasteiger partial charge in [-0.05, 0) is 97.4 Å². The van der Waals surface area contributed by atoms with Crippen LogP contribution >= 0.6 is 11.3 Å². The van der Waals surface area contributed by atoms with Gasteiger partial charge in [0.2, 0.25) is 0 Å². The van der Waals surface area contributed by atoms with Crippen LogP contribution in [0.15, 0.2) is 120 Å². The van der Waals surface area contributed by atoms with E-state index >= 15 is 0 Å². The normalized spacial score (nSPS) is 13.2. The number of para-hydroxylation sites is 1. The lowest BCUT2D eigenvalue weighted by Gasteiger charge is -2.31. The van der Waals surface area contributed by atoms with Crippen molar-refractivity contribution in [1.29, 1.82) is 10.5 Å². The summed E-state index contributed by atoms with van der Waals surface area (Å²) in [4.78, 5) is 6.26. The van der Waals surface area contributed by atoms with Crippen LogP contribution in [-0.4, -0.2) is 34.0 Å². The molecule has 4 aromatic carbocycles. The Kier molecular flexibility index (Phi) is 9.47. The van der Waals surface area contributed by atoms with Crippen LogP contribution in [0.1, 0.15) is 17.4 Å². The zero-order valence-electron chi connectivity index (χ0n) is 28.4. The van der Waals surface area contributed by atoms with E-state index in [1.165, 1.54) is 0 Å². The summed E-state index contributed by atoms with van der Waals surface area (Å²) in [5, 5.41) is 19.5. The van der Waals surface area contributed by atoms with Crippen LogP contribution in [0.5, 0.6) is 23.0 Å². The van der Waals surface area contributed by atoms with Crippen LogP contribution in [0, 0.1) is 22.7 Å². The third-order valence-corrected chi connectivity index (χ3v) is 9.94. The number of nitriles is 2. The molecule has 0 bridgehead atoms. The highest BCUT2D eigenvalue weighted by atomic mass is 32.1. The van der Waals surface area contributed by atoms with E-state index < -0.39 is 0 Å². The largest absolute Gasteiger partial charge is 0.497 e. The molecule has 0 radical (unpaired) electrons. The molecular weight excluding hydrogens is 657 g/mol. The van der Waals surface area contributed by atoms with Crippen LogP contribution in [0.3, 0.4) is 0 Å². The molecule has 2 aliphatic rings. The molecule has 0 fully saturated rings. The summed E-state index contributed by atoms with van der Waals surface area (Å²) in [5.74, 6) is 3.02. The molecule has 7 rings (SSSR count). The van der Waals surface area contributed by atoms with Gasteiger partial charge in [-0.1, -0.05) is 30.3 Å². The molecule has 252 valence electrons. The number of hydrogen-bond donors (Lipinski definition) is 0. The summed E-state index contributed by atoms with van der Waals surface area (Å²) in [7, 11) is 3.33. The lowest BCUT2D eigenvalue weighted by Crippen LogP contribution is -2.25. The number of allylic oxidation sites excluding steroid dienone is 4. The fourth-order valence-electron chi connectivity index (χ4n) is 6.33. The van der Waals surface area contributed by atoms with Crippen molar-refractivity contribution in [2.45, 2.75) is 6.92 Å². The Hall–Kier alpha value is -6.42. The van der Waals surface area contributed by atoms with Gasteiger partial charge in [-0.25, -0.2) is 0 Å². The predicted octanol–water partition coefficient (Wildman–Crippen LogP) is 9.91. The zero-order valence-corrected chi connectivity index (χ0v) is 29.2. The molecular formula is C42H34N4O4S. The summed E-state index contributed by atoms with van der Waals surface area (Å²) in [6.07, 6.45) is 5.96. The van der Waals surface area contributed by atoms with E-state index in [0.29, 0.717) is 31.1 Å². The van der Waals surface area contributed by atoms with E-state index in [1.807, 2.05) is 91.0 Å². The number of thiophene rings is 1. The minimum Gasteiger partial charge on any atom is -0.497 e. The van der Waals surface area contributed by atoms with Gasteiger partial charge in [0.25, 0.3) is 0 Å². The monoisotopic (exact) mass is 690 g/mol. The van der Waals surface area contributed by atoms with Crippen LogP contribution in [0.4, 0.5) is 22.7 Å². The number of nitrogens with zero attached hydrogens (tertiary/aromatic N) is 4. The summed E-state index contributed by atoms with van der Waals surface area (Å²) in [6, 6.07) is 36.4. The molecule has 5 aromatic rings. The molecule has 0 saturated carbocycles. The Morgan fingerprint density at radius 3 is 1.92 bits per heavy atom. The molecule has 0 atom stereocenters. The fourth-order valence-corrected chi connectivity index (χ4v) is 7.43.